The molecule has 31 heavy (non-hydrogen) atoms. The lowest BCUT2D eigenvalue weighted by atomic mass is 10.0. The standard InChI is InChI=1S/C24H15FN6/c25-17-4-1-14(2-5-17)20-11-26-12-23-18(20)8-22(29-23)24-19-7-15(3-6-21(19)30-31-24)16-9-27-13-28-10-16/h1-13,29H,(H,30,31). The Labute approximate surface area is 175 Å². The lowest BCUT2D eigenvalue weighted by Gasteiger charge is -2.02. The van der Waals surface area contributed by atoms with E-state index < -0.39 is 0 Å². The molecule has 7 heteroatoms. The zero-order valence-corrected chi connectivity index (χ0v) is 16.2. The highest BCUT2D eigenvalue weighted by Crippen LogP contribution is 2.34. The smallest absolute Gasteiger partial charge is 0.123 e. The molecule has 0 amide bonds. The van der Waals surface area contributed by atoms with Crippen LogP contribution in [0.5, 0.6) is 0 Å². The van der Waals surface area contributed by atoms with Crippen molar-refractivity contribution in [3.63, 3.8) is 0 Å². The first-order valence-electron chi connectivity index (χ1n) is 9.73. The summed E-state index contributed by atoms with van der Waals surface area (Å²) in [6.07, 6.45) is 8.67. The highest BCUT2D eigenvalue weighted by Gasteiger charge is 2.14. The molecule has 0 unspecified atom stereocenters. The second-order valence-electron chi connectivity index (χ2n) is 7.30. The van der Waals surface area contributed by atoms with Gasteiger partial charge in [0.25, 0.3) is 0 Å². The molecule has 0 fully saturated rings. The normalized spacial score (nSPS) is 11.4. The third-order valence-corrected chi connectivity index (χ3v) is 5.41. The van der Waals surface area contributed by atoms with E-state index in [9.17, 15) is 4.39 Å². The molecule has 0 aliphatic carbocycles. The monoisotopic (exact) mass is 406 g/mol. The van der Waals surface area contributed by atoms with E-state index in [0.29, 0.717) is 0 Å². The van der Waals surface area contributed by atoms with E-state index in [1.165, 1.54) is 18.5 Å². The average Bonchev–Trinajstić information content (AvgIpc) is 3.43. The largest absolute Gasteiger partial charge is 0.352 e. The number of benzene rings is 2. The molecular formula is C24H15FN6. The van der Waals surface area contributed by atoms with E-state index in [2.05, 4.69) is 42.3 Å². The molecule has 0 aliphatic rings. The first-order chi connectivity index (χ1) is 15.3. The molecule has 148 valence electrons. The zero-order valence-electron chi connectivity index (χ0n) is 16.2. The Kier molecular flexibility index (Phi) is 3.86. The van der Waals surface area contributed by atoms with Gasteiger partial charge in [-0.2, -0.15) is 5.10 Å². The van der Waals surface area contributed by atoms with Crippen molar-refractivity contribution in [1.82, 2.24) is 30.1 Å². The predicted octanol–water partition coefficient (Wildman–Crippen LogP) is 5.37. The second-order valence-corrected chi connectivity index (χ2v) is 7.30. The second kappa shape index (κ2) is 6.84. The van der Waals surface area contributed by atoms with Gasteiger partial charge in [0.2, 0.25) is 0 Å². The van der Waals surface area contributed by atoms with E-state index in [1.54, 1.807) is 36.9 Å². The molecule has 6 nitrogen and oxygen atoms in total. The van der Waals surface area contributed by atoms with Gasteiger partial charge in [-0.25, -0.2) is 14.4 Å². The van der Waals surface area contributed by atoms with Gasteiger partial charge >= 0.3 is 0 Å². The summed E-state index contributed by atoms with van der Waals surface area (Å²) in [6.45, 7) is 0. The fraction of sp³-hybridized carbons (Fsp3) is 0. The van der Waals surface area contributed by atoms with Gasteiger partial charge < -0.3 is 4.98 Å². The molecule has 0 saturated carbocycles. The van der Waals surface area contributed by atoms with Gasteiger partial charge in [0, 0.05) is 40.5 Å². The zero-order chi connectivity index (χ0) is 20.8. The third-order valence-electron chi connectivity index (χ3n) is 5.41. The minimum atomic E-state index is -0.263. The van der Waals surface area contributed by atoms with E-state index in [4.69, 9.17) is 0 Å². The highest BCUT2D eigenvalue weighted by atomic mass is 19.1. The summed E-state index contributed by atoms with van der Waals surface area (Å²) in [5.74, 6) is -0.263. The summed E-state index contributed by atoms with van der Waals surface area (Å²) < 4.78 is 13.4. The number of H-pyrrole nitrogens is 2. The van der Waals surface area contributed by atoms with Gasteiger partial charge in [-0.15, -0.1) is 0 Å². The molecule has 2 aromatic carbocycles. The van der Waals surface area contributed by atoms with Crippen molar-refractivity contribution in [2.24, 2.45) is 0 Å². The molecule has 0 atom stereocenters. The number of halogens is 1. The third kappa shape index (κ3) is 2.95. The molecule has 0 bridgehead atoms. The Bertz CT molecular complexity index is 1530. The summed E-state index contributed by atoms with van der Waals surface area (Å²) in [5.41, 5.74) is 7.31. The number of fused-ring (bicyclic) bond motifs is 2. The number of pyridine rings is 1. The van der Waals surface area contributed by atoms with Crippen LogP contribution in [0.3, 0.4) is 0 Å². The maximum Gasteiger partial charge on any atom is 0.123 e. The fourth-order valence-corrected chi connectivity index (χ4v) is 3.89. The number of hydrogen-bond donors (Lipinski definition) is 2. The first-order valence-corrected chi connectivity index (χ1v) is 9.73. The van der Waals surface area contributed by atoms with Crippen LogP contribution in [0.4, 0.5) is 4.39 Å². The topological polar surface area (TPSA) is 83.1 Å². The van der Waals surface area contributed by atoms with Crippen LogP contribution in [0.25, 0.3) is 55.4 Å². The molecule has 0 spiro atoms. The molecule has 2 N–H and O–H groups in total. The molecular weight excluding hydrogens is 391 g/mol. The van der Waals surface area contributed by atoms with Crippen molar-refractivity contribution in [3.8, 4) is 33.6 Å². The van der Waals surface area contributed by atoms with E-state index in [0.717, 1.165) is 55.4 Å². The number of nitrogens with zero attached hydrogens (tertiary/aromatic N) is 4. The minimum Gasteiger partial charge on any atom is -0.352 e. The number of aromatic nitrogens is 6. The summed E-state index contributed by atoms with van der Waals surface area (Å²) in [4.78, 5) is 16.0. The van der Waals surface area contributed by atoms with E-state index in [-0.39, 0.29) is 5.82 Å². The van der Waals surface area contributed by atoms with Crippen molar-refractivity contribution < 1.29 is 4.39 Å². The molecule has 0 radical (unpaired) electrons. The fourth-order valence-electron chi connectivity index (χ4n) is 3.89. The van der Waals surface area contributed by atoms with Crippen molar-refractivity contribution >= 4 is 21.8 Å². The van der Waals surface area contributed by atoms with Gasteiger partial charge in [-0.3, -0.25) is 10.1 Å². The van der Waals surface area contributed by atoms with Crippen LogP contribution in [0.2, 0.25) is 0 Å². The SMILES string of the molecule is Fc1ccc(-c2cncc3[nH]c(-c4n[nH]c5ccc(-c6cncnc6)cc45)cc23)cc1. The van der Waals surface area contributed by atoms with Gasteiger partial charge in [0.15, 0.2) is 0 Å². The van der Waals surface area contributed by atoms with Crippen LogP contribution < -0.4 is 0 Å². The Hall–Kier alpha value is -4.39. The molecule has 6 aromatic rings. The summed E-state index contributed by atoms with van der Waals surface area (Å²) in [7, 11) is 0. The Morgan fingerprint density at radius 2 is 1.48 bits per heavy atom. The molecule has 4 aromatic heterocycles. The molecule has 4 heterocycles. The Morgan fingerprint density at radius 3 is 2.32 bits per heavy atom. The van der Waals surface area contributed by atoms with E-state index in [1.807, 2.05) is 12.1 Å². The summed E-state index contributed by atoms with van der Waals surface area (Å²) >= 11 is 0. The van der Waals surface area contributed by atoms with Crippen molar-refractivity contribution in [1.29, 1.82) is 0 Å². The minimum absolute atomic E-state index is 0.263. The summed E-state index contributed by atoms with van der Waals surface area (Å²) in [6, 6.07) is 14.6. The van der Waals surface area contributed by atoms with Crippen molar-refractivity contribution in [3.05, 3.63) is 85.5 Å². The Balaban J connectivity index is 1.51. The van der Waals surface area contributed by atoms with Gasteiger partial charge in [-0.05, 0) is 41.5 Å². The number of hydrogen-bond acceptors (Lipinski definition) is 4. The quantitative estimate of drug-likeness (QED) is 0.414. The van der Waals surface area contributed by atoms with Crippen LogP contribution in [-0.2, 0) is 0 Å². The van der Waals surface area contributed by atoms with Crippen LogP contribution >= 0.6 is 0 Å². The molecule has 0 saturated heterocycles. The lowest BCUT2D eigenvalue weighted by molar-refractivity contribution is 0.628. The van der Waals surface area contributed by atoms with Crippen LogP contribution in [-0.4, -0.2) is 30.1 Å². The van der Waals surface area contributed by atoms with E-state index >= 15 is 0 Å². The van der Waals surface area contributed by atoms with Crippen LogP contribution in [0.15, 0.2) is 79.6 Å². The summed E-state index contributed by atoms with van der Waals surface area (Å²) in [5, 5.41) is 9.65. The number of aromatic amines is 2. The maximum absolute atomic E-state index is 13.4. The predicted molar refractivity (Wildman–Crippen MR) is 118 cm³/mol. The molecule has 6 rings (SSSR count). The Morgan fingerprint density at radius 1 is 0.677 bits per heavy atom. The van der Waals surface area contributed by atoms with Crippen molar-refractivity contribution in [2.45, 2.75) is 0 Å². The first kappa shape index (κ1) is 17.5. The van der Waals surface area contributed by atoms with Gasteiger partial charge in [-0.1, -0.05) is 18.2 Å². The van der Waals surface area contributed by atoms with Crippen LogP contribution in [0.1, 0.15) is 0 Å². The average molecular weight is 406 g/mol. The lowest BCUT2D eigenvalue weighted by Crippen LogP contribution is -1.83. The van der Waals surface area contributed by atoms with Gasteiger partial charge in [0.1, 0.15) is 17.8 Å². The molecule has 0 aliphatic heterocycles. The number of nitrogens with one attached hydrogen (secondary N) is 2. The van der Waals surface area contributed by atoms with Gasteiger partial charge in [0.05, 0.1) is 22.9 Å². The number of rotatable bonds is 3. The van der Waals surface area contributed by atoms with Crippen molar-refractivity contribution in [2.75, 3.05) is 0 Å². The highest BCUT2D eigenvalue weighted by molar-refractivity contribution is 6.01. The maximum atomic E-state index is 13.4. The van der Waals surface area contributed by atoms with Crippen LogP contribution in [0, 0.1) is 5.82 Å².